The van der Waals surface area contributed by atoms with Gasteiger partial charge in [-0.3, -0.25) is 28.8 Å². The van der Waals surface area contributed by atoms with Crippen LogP contribution in [0.4, 0.5) is 4.79 Å². The van der Waals surface area contributed by atoms with Crippen LogP contribution in [0.15, 0.2) is 30.3 Å². The molecule has 6 atom stereocenters. The highest BCUT2D eigenvalue weighted by Gasteiger charge is 2.70. The fourth-order valence-electron chi connectivity index (χ4n) is 6.77. The van der Waals surface area contributed by atoms with E-state index in [0.29, 0.717) is 24.9 Å². The number of hydrogen-bond acceptors (Lipinski definition) is 8. The molecule has 0 aromatic heterocycles. The number of amides is 6. The molecule has 1 aliphatic carbocycles. The van der Waals surface area contributed by atoms with E-state index in [2.05, 4.69) is 21.3 Å². The molecule has 1 heterocycles. The summed E-state index contributed by atoms with van der Waals surface area (Å²) in [5.41, 5.74) is -0.406. The summed E-state index contributed by atoms with van der Waals surface area (Å²) in [5.74, 6) is -4.09. The van der Waals surface area contributed by atoms with E-state index in [9.17, 15) is 33.6 Å². The summed E-state index contributed by atoms with van der Waals surface area (Å²) >= 11 is 0. The van der Waals surface area contributed by atoms with E-state index in [1.807, 2.05) is 55.4 Å². The molecule has 2 fully saturated rings. The SMILES string of the molecule is CCCCC(NC(=O)C1[C@@H]2C(CN1C(=O)[C@@H](NC(=O)OCC(C)C)C(C)(C)C)C2(C)C)C(=O)C(=O)NCC(=O)N[C@H](C(=O)N(C)C)c1ccccc1. The molecule has 6 amide bonds. The summed E-state index contributed by atoms with van der Waals surface area (Å²) in [7, 11) is 3.12. The number of Topliss-reactive ketones (excluding diaryl/α,β-unsaturated/α-hetero) is 1. The van der Waals surface area contributed by atoms with Gasteiger partial charge in [0.2, 0.25) is 29.4 Å². The highest BCUT2D eigenvalue weighted by atomic mass is 16.5. The van der Waals surface area contributed by atoms with Crippen molar-refractivity contribution in [3.8, 4) is 0 Å². The summed E-state index contributed by atoms with van der Waals surface area (Å²) in [6.07, 6.45) is 0.648. The number of fused-ring (bicyclic) bond motifs is 1. The Hall–Kier alpha value is -4.49. The van der Waals surface area contributed by atoms with Crippen molar-refractivity contribution in [1.82, 2.24) is 31.1 Å². The standard InChI is InChI=1S/C38H58N6O8/c1-11-12-18-25(30(46)33(48)39-19-26(45)41-28(34(49)43(9)10)23-16-14-13-15-17-23)40-32(47)29-27-24(38(27,7)8)20-44(29)35(50)31(37(4,5)6)42-36(51)52-21-22(2)3/h13-17,22,24-25,27-29,31H,11-12,18-21H2,1-10H3,(H,39,48)(H,40,47)(H,41,45)(H,42,51)/t24?,25?,27-,28-,29?,31+/m0/s1. The van der Waals surface area contributed by atoms with Gasteiger partial charge in [-0.1, -0.05) is 98.6 Å². The van der Waals surface area contributed by atoms with Gasteiger partial charge < -0.3 is 35.8 Å². The molecule has 0 bridgehead atoms. The molecule has 14 nitrogen and oxygen atoms in total. The number of benzene rings is 1. The third kappa shape index (κ3) is 10.3. The van der Waals surface area contributed by atoms with Gasteiger partial charge in [0.05, 0.1) is 19.2 Å². The van der Waals surface area contributed by atoms with Crippen molar-refractivity contribution in [3.63, 3.8) is 0 Å². The highest BCUT2D eigenvalue weighted by Crippen LogP contribution is 2.65. The number of carbonyl (C=O) groups excluding carboxylic acids is 7. The van der Waals surface area contributed by atoms with Crippen LogP contribution in [0.3, 0.4) is 0 Å². The van der Waals surface area contributed by atoms with Crippen molar-refractivity contribution in [2.45, 2.75) is 98.8 Å². The lowest BCUT2D eigenvalue weighted by Crippen LogP contribution is -2.60. The molecule has 3 unspecified atom stereocenters. The zero-order valence-electron chi connectivity index (χ0n) is 32.3. The predicted molar refractivity (Wildman–Crippen MR) is 194 cm³/mol. The Labute approximate surface area is 307 Å². The van der Waals surface area contributed by atoms with E-state index in [1.54, 1.807) is 44.4 Å². The number of ether oxygens (including phenoxy) is 1. The first-order valence-corrected chi connectivity index (χ1v) is 18.1. The molecule has 4 N–H and O–H groups in total. The lowest BCUT2D eigenvalue weighted by atomic mass is 9.85. The van der Waals surface area contributed by atoms with Crippen LogP contribution >= 0.6 is 0 Å². The fourth-order valence-corrected chi connectivity index (χ4v) is 6.77. The number of hydrogen-bond donors (Lipinski definition) is 4. The van der Waals surface area contributed by atoms with E-state index >= 15 is 0 Å². The van der Waals surface area contributed by atoms with E-state index in [4.69, 9.17) is 4.74 Å². The number of carbonyl (C=O) groups is 7. The van der Waals surface area contributed by atoms with Crippen molar-refractivity contribution in [3.05, 3.63) is 35.9 Å². The van der Waals surface area contributed by atoms with Crippen LogP contribution in [-0.4, -0.2) is 103 Å². The van der Waals surface area contributed by atoms with Gasteiger partial charge in [-0.15, -0.1) is 0 Å². The highest BCUT2D eigenvalue weighted by molar-refractivity contribution is 6.38. The van der Waals surface area contributed by atoms with Crippen LogP contribution in [0.5, 0.6) is 0 Å². The summed E-state index contributed by atoms with van der Waals surface area (Å²) < 4.78 is 5.29. The summed E-state index contributed by atoms with van der Waals surface area (Å²) in [6, 6.07) is 4.51. The zero-order chi connectivity index (χ0) is 39.1. The number of likely N-dealkylation sites (tertiary alicyclic amines) is 1. The van der Waals surface area contributed by atoms with Gasteiger partial charge in [-0.2, -0.15) is 0 Å². The molecule has 52 heavy (non-hydrogen) atoms. The van der Waals surface area contributed by atoms with Gasteiger partial charge >= 0.3 is 6.09 Å². The maximum Gasteiger partial charge on any atom is 0.407 e. The van der Waals surface area contributed by atoms with Crippen LogP contribution in [0.2, 0.25) is 0 Å². The van der Waals surface area contributed by atoms with Crippen LogP contribution in [-0.2, 0) is 33.5 Å². The minimum Gasteiger partial charge on any atom is -0.449 e. The van der Waals surface area contributed by atoms with Crippen LogP contribution in [0, 0.1) is 28.6 Å². The Kier molecular flexibility index (Phi) is 14.0. The molecule has 1 aromatic rings. The number of nitrogens with zero attached hydrogens (tertiary/aromatic N) is 2. The van der Waals surface area contributed by atoms with Crippen molar-refractivity contribution in [1.29, 1.82) is 0 Å². The molecule has 14 heteroatoms. The second-order valence-electron chi connectivity index (χ2n) is 16.2. The van der Waals surface area contributed by atoms with Crippen molar-refractivity contribution in [2.75, 3.05) is 33.8 Å². The Morgan fingerprint density at radius 1 is 0.981 bits per heavy atom. The second-order valence-corrected chi connectivity index (χ2v) is 16.2. The van der Waals surface area contributed by atoms with E-state index in [1.165, 1.54) is 9.80 Å². The second kappa shape index (κ2) is 17.4. The Balaban J connectivity index is 1.74. The smallest absolute Gasteiger partial charge is 0.407 e. The number of ketones is 1. The van der Waals surface area contributed by atoms with Gasteiger partial charge in [0.15, 0.2) is 0 Å². The molecule has 288 valence electrons. The first-order chi connectivity index (χ1) is 24.2. The predicted octanol–water partition coefficient (Wildman–Crippen LogP) is 2.57. The minimum absolute atomic E-state index is 0.0337. The van der Waals surface area contributed by atoms with Gasteiger partial charge in [-0.05, 0) is 40.6 Å². The maximum absolute atomic E-state index is 14.1. The average molecular weight is 727 g/mol. The molecule has 0 radical (unpaired) electrons. The lowest BCUT2D eigenvalue weighted by molar-refractivity contribution is -0.145. The van der Waals surface area contributed by atoms with Crippen LogP contribution in [0.1, 0.15) is 86.3 Å². The Morgan fingerprint density at radius 3 is 2.17 bits per heavy atom. The molecule has 3 rings (SSSR count). The third-order valence-corrected chi connectivity index (χ3v) is 9.92. The minimum atomic E-state index is -1.21. The molecule has 1 aliphatic heterocycles. The molecule has 0 spiro atoms. The molecular weight excluding hydrogens is 668 g/mol. The largest absolute Gasteiger partial charge is 0.449 e. The summed E-state index contributed by atoms with van der Waals surface area (Å²) in [5, 5.41) is 10.4. The molecular formula is C38H58N6O8. The zero-order valence-corrected chi connectivity index (χ0v) is 32.3. The van der Waals surface area contributed by atoms with Crippen LogP contribution in [0.25, 0.3) is 0 Å². The van der Waals surface area contributed by atoms with Gasteiger partial charge in [0.25, 0.3) is 5.91 Å². The maximum atomic E-state index is 14.1. The fraction of sp³-hybridized carbons (Fsp3) is 0.658. The summed E-state index contributed by atoms with van der Waals surface area (Å²) in [6.45, 7) is 15.1. The summed E-state index contributed by atoms with van der Waals surface area (Å²) in [4.78, 5) is 96.0. The van der Waals surface area contributed by atoms with Crippen molar-refractivity contribution in [2.24, 2.45) is 28.6 Å². The number of piperidine rings is 1. The molecule has 2 aliphatic rings. The number of alkyl carbamates (subject to hydrolysis) is 1. The number of rotatable bonds is 16. The molecule has 1 saturated heterocycles. The van der Waals surface area contributed by atoms with E-state index in [-0.39, 0.29) is 42.1 Å². The van der Waals surface area contributed by atoms with Crippen molar-refractivity contribution < 1.29 is 38.3 Å². The Morgan fingerprint density at radius 2 is 1.62 bits per heavy atom. The number of nitrogens with one attached hydrogen (secondary N) is 4. The Bertz CT molecular complexity index is 1490. The molecule has 1 aromatic carbocycles. The average Bonchev–Trinajstić information content (AvgIpc) is 3.38. The first-order valence-electron chi connectivity index (χ1n) is 18.1. The first kappa shape index (κ1) is 41.9. The van der Waals surface area contributed by atoms with Crippen LogP contribution < -0.4 is 21.3 Å². The lowest BCUT2D eigenvalue weighted by Gasteiger charge is -2.37. The van der Waals surface area contributed by atoms with Gasteiger partial charge in [0, 0.05) is 20.6 Å². The number of unbranched alkanes of at least 4 members (excludes halogenated alkanes) is 1. The van der Waals surface area contributed by atoms with E-state index in [0.717, 1.165) is 0 Å². The topological polar surface area (TPSA) is 183 Å². The monoisotopic (exact) mass is 726 g/mol. The van der Waals surface area contributed by atoms with Gasteiger partial charge in [0.1, 0.15) is 18.1 Å². The quantitative estimate of drug-likeness (QED) is 0.188. The van der Waals surface area contributed by atoms with E-state index < -0.39 is 71.6 Å². The molecule has 1 saturated carbocycles. The normalized spacial score (nSPS) is 20.4. The number of likely N-dealkylation sites (N-methyl/N-ethyl adjacent to an activating group) is 1. The van der Waals surface area contributed by atoms with Gasteiger partial charge in [-0.25, -0.2) is 4.79 Å². The third-order valence-electron chi connectivity index (χ3n) is 9.92. The van der Waals surface area contributed by atoms with Crippen molar-refractivity contribution >= 4 is 41.4 Å².